The molecule has 3 aromatic rings. The number of aliphatic hydroxyl groups excluding tert-OH is 1. The van der Waals surface area contributed by atoms with Gasteiger partial charge in [-0.25, -0.2) is 17.9 Å². The summed E-state index contributed by atoms with van der Waals surface area (Å²) in [5.74, 6) is -2.59. The van der Waals surface area contributed by atoms with Crippen molar-refractivity contribution in [3.05, 3.63) is 105 Å². The van der Waals surface area contributed by atoms with Gasteiger partial charge in [0.05, 0.1) is 16.5 Å². The van der Waals surface area contributed by atoms with Gasteiger partial charge in [0.2, 0.25) is 10.0 Å². The average molecular weight is 559 g/mol. The van der Waals surface area contributed by atoms with Crippen LogP contribution in [0.5, 0.6) is 0 Å². The number of ketones is 1. The predicted molar refractivity (Wildman–Crippen MR) is 131 cm³/mol. The minimum Gasteiger partial charge on any atom is -0.507 e. The van der Waals surface area contributed by atoms with Crippen LogP contribution in [0.25, 0.3) is 5.76 Å². The van der Waals surface area contributed by atoms with Crippen LogP contribution in [0.1, 0.15) is 22.7 Å². The average Bonchev–Trinajstić information content (AvgIpc) is 3.07. The minimum absolute atomic E-state index is 0.0454. The van der Waals surface area contributed by atoms with Gasteiger partial charge in [-0.2, -0.15) is 0 Å². The van der Waals surface area contributed by atoms with Gasteiger partial charge in [-0.05, 0) is 53.9 Å². The molecule has 180 valence electrons. The maximum absolute atomic E-state index is 14.1. The SMILES string of the molecule is NS(=O)(=O)c1ccc(CCN2C(=O)C(=O)C(=C(O)c3ccc(Br)cc3)[C@H]2c2cccc(F)c2)cc1. The molecule has 0 radical (unpaired) electrons. The zero-order valence-corrected chi connectivity index (χ0v) is 20.6. The molecule has 0 saturated carbocycles. The van der Waals surface area contributed by atoms with Gasteiger partial charge in [-0.3, -0.25) is 9.59 Å². The maximum Gasteiger partial charge on any atom is 0.295 e. The second-order valence-electron chi connectivity index (χ2n) is 7.99. The Kier molecular flexibility index (Phi) is 6.88. The molecular weight excluding hydrogens is 539 g/mol. The van der Waals surface area contributed by atoms with E-state index in [4.69, 9.17) is 5.14 Å². The van der Waals surface area contributed by atoms with Crippen LogP contribution in [0.4, 0.5) is 4.39 Å². The predicted octanol–water partition coefficient (Wildman–Crippen LogP) is 3.90. The minimum atomic E-state index is -3.84. The number of aliphatic hydroxyl groups is 1. The highest BCUT2D eigenvalue weighted by Gasteiger charge is 2.45. The van der Waals surface area contributed by atoms with Crippen LogP contribution in [-0.4, -0.2) is 36.7 Å². The highest BCUT2D eigenvalue weighted by atomic mass is 79.9. The highest BCUT2D eigenvalue weighted by molar-refractivity contribution is 9.10. The van der Waals surface area contributed by atoms with Crippen molar-refractivity contribution < 1.29 is 27.5 Å². The van der Waals surface area contributed by atoms with Crippen molar-refractivity contribution in [3.8, 4) is 0 Å². The van der Waals surface area contributed by atoms with Crippen LogP contribution < -0.4 is 5.14 Å². The number of halogens is 2. The summed E-state index contributed by atoms with van der Waals surface area (Å²) in [6.07, 6.45) is 0.280. The zero-order chi connectivity index (χ0) is 25.3. The molecule has 1 atom stereocenters. The molecule has 35 heavy (non-hydrogen) atoms. The smallest absolute Gasteiger partial charge is 0.295 e. The molecule has 1 heterocycles. The van der Waals surface area contributed by atoms with Gasteiger partial charge in [-0.1, -0.05) is 52.3 Å². The van der Waals surface area contributed by atoms with Crippen LogP contribution >= 0.6 is 15.9 Å². The number of likely N-dealkylation sites (tertiary alicyclic amines) is 1. The number of sulfonamides is 1. The first-order valence-electron chi connectivity index (χ1n) is 10.5. The third kappa shape index (κ3) is 5.19. The normalized spacial score (nSPS) is 17.7. The van der Waals surface area contributed by atoms with Crippen LogP contribution in [-0.2, 0) is 26.0 Å². The summed E-state index contributed by atoms with van der Waals surface area (Å²) in [7, 11) is -3.84. The summed E-state index contributed by atoms with van der Waals surface area (Å²) < 4.78 is 37.8. The number of carbonyl (C=O) groups is 2. The Morgan fingerprint density at radius 3 is 2.29 bits per heavy atom. The molecule has 1 amide bonds. The molecule has 0 spiro atoms. The number of amides is 1. The fourth-order valence-electron chi connectivity index (χ4n) is 3.99. The Bertz CT molecular complexity index is 1440. The van der Waals surface area contributed by atoms with E-state index in [0.29, 0.717) is 16.7 Å². The van der Waals surface area contributed by atoms with Crippen molar-refractivity contribution in [2.75, 3.05) is 6.54 Å². The van der Waals surface area contributed by atoms with E-state index in [0.717, 1.165) is 4.47 Å². The largest absolute Gasteiger partial charge is 0.507 e. The summed E-state index contributed by atoms with van der Waals surface area (Å²) in [4.78, 5) is 27.3. The van der Waals surface area contributed by atoms with Gasteiger partial charge in [-0.15, -0.1) is 0 Å². The summed E-state index contributed by atoms with van der Waals surface area (Å²) in [5, 5.41) is 16.1. The van der Waals surface area contributed by atoms with Crippen molar-refractivity contribution in [3.63, 3.8) is 0 Å². The van der Waals surface area contributed by atoms with Crippen LogP contribution in [0.3, 0.4) is 0 Å². The summed E-state index contributed by atoms with van der Waals surface area (Å²) in [5.41, 5.74) is 1.25. The number of benzene rings is 3. The van der Waals surface area contributed by atoms with E-state index < -0.39 is 33.6 Å². The molecule has 3 aromatic carbocycles. The Morgan fingerprint density at radius 1 is 1.03 bits per heavy atom. The standard InChI is InChI=1S/C25H20BrFN2O5S/c26-18-8-6-16(7-9-18)23(30)21-22(17-2-1-3-19(27)14-17)29(25(32)24(21)31)13-12-15-4-10-20(11-5-15)35(28,33)34/h1-11,14,22,30H,12-13H2,(H2,28,33,34)/t22-/m1/s1. The summed E-state index contributed by atoms with van der Waals surface area (Å²) in [6, 6.07) is 16.9. The van der Waals surface area contributed by atoms with Gasteiger partial charge in [0, 0.05) is 16.6 Å². The van der Waals surface area contributed by atoms with Gasteiger partial charge in [0.25, 0.3) is 11.7 Å². The summed E-state index contributed by atoms with van der Waals surface area (Å²) >= 11 is 3.31. The number of hydrogen-bond donors (Lipinski definition) is 2. The van der Waals surface area contributed by atoms with E-state index in [1.54, 1.807) is 42.5 Å². The molecule has 0 bridgehead atoms. The molecule has 1 fully saturated rings. The first-order valence-corrected chi connectivity index (χ1v) is 12.8. The second-order valence-corrected chi connectivity index (χ2v) is 10.5. The lowest BCUT2D eigenvalue weighted by Crippen LogP contribution is -2.31. The summed E-state index contributed by atoms with van der Waals surface area (Å²) in [6.45, 7) is 0.0671. The molecule has 1 saturated heterocycles. The van der Waals surface area contributed by atoms with Gasteiger partial charge < -0.3 is 10.0 Å². The maximum atomic E-state index is 14.1. The van der Waals surface area contributed by atoms with E-state index in [1.807, 2.05) is 0 Å². The molecule has 7 nitrogen and oxygen atoms in total. The topological polar surface area (TPSA) is 118 Å². The van der Waals surface area contributed by atoms with Crippen molar-refractivity contribution in [2.45, 2.75) is 17.4 Å². The lowest BCUT2D eigenvalue weighted by molar-refractivity contribution is -0.139. The highest BCUT2D eigenvalue weighted by Crippen LogP contribution is 2.39. The zero-order valence-electron chi connectivity index (χ0n) is 18.2. The van der Waals surface area contributed by atoms with E-state index in [1.165, 1.54) is 35.2 Å². The van der Waals surface area contributed by atoms with Crippen LogP contribution in [0.2, 0.25) is 0 Å². The fraction of sp³-hybridized carbons (Fsp3) is 0.120. The molecule has 0 unspecified atom stereocenters. The quantitative estimate of drug-likeness (QED) is 0.270. The number of hydrogen-bond acceptors (Lipinski definition) is 5. The lowest BCUT2D eigenvalue weighted by atomic mass is 9.95. The molecule has 1 aliphatic rings. The number of carbonyl (C=O) groups excluding carboxylic acids is 2. The fourth-order valence-corrected chi connectivity index (χ4v) is 4.77. The van der Waals surface area contributed by atoms with E-state index in [9.17, 15) is 27.5 Å². The van der Waals surface area contributed by atoms with Gasteiger partial charge in [0.15, 0.2) is 0 Å². The van der Waals surface area contributed by atoms with E-state index >= 15 is 0 Å². The van der Waals surface area contributed by atoms with Crippen LogP contribution in [0.15, 0.2) is 87.7 Å². The van der Waals surface area contributed by atoms with Crippen molar-refractivity contribution in [2.24, 2.45) is 5.14 Å². The Labute approximate surface area is 209 Å². The number of rotatable bonds is 6. The van der Waals surface area contributed by atoms with Crippen molar-refractivity contribution >= 4 is 43.4 Å². The molecular formula is C25H20BrFN2O5S. The number of nitrogens with zero attached hydrogens (tertiary/aromatic N) is 1. The molecule has 10 heteroatoms. The Balaban J connectivity index is 1.73. The number of Topliss-reactive ketones (excluding diaryl/α,β-unsaturated/α-hetero) is 1. The Morgan fingerprint density at radius 2 is 1.69 bits per heavy atom. The molecule has 0 aliphatic carbocycles. The first-order chi connectivity index (χ1) is 16.6. The van der Waals surface area contributed by atoms with Gasteiger partial charge in [0.1, 0.15) is 11.6 Å². The molecule has 1 aliphatic heterocycles. The monoisotopic (exact) mass is 558 g/mol. The van der Waals surface area contributed by atoms with E-state index in [-0.39, 0.29) is 29.2 Å². The number of nitrogens with two attached hydrogens (primary N) is 1. The third-order valence-corrected chi connectivity index (χ3v) is 7.17. The van der Waals surface area contributed by atoms with Crippen molar-refractivity contribution in [1.82, 2.24) is 4.90 Å². The van der Waals surface area contributed by atoms with Crippen molar-refractivity contribution in [1.29, 1.82) is 0 Å². The number of primary sulfonamides is 1. The molecule has 4 rings (SSSR count). The Hall–Kier alpha value is -3.34. The van der Waals surface area contributed by atoms with Crippen LogP contribution in [0, 0.1) is 5.82 Å². The first kappa shape index (κ1) is 24.8. The lowest BCUT2D eigenvalue weighted by Gasteiger charge is -2.25. The van der Waals surface area contributed by atoms with Gasteiger partial charge >= 0.3 is 0 Å². The third-order valence-electron chi connectivity index (χ3n) is 5.72. The molecule has 0 aromatic heterocycles. The van der Waals surface area contributed by atoms with E-state index in [2.05, 4.69) is 15.9 Å². The molecule has 3 N–H and O–H groups in total. The second kappa shape index (κ2) is 9.73.